The molecule has 13 heteroatoms. The van der Waals surface area contributed by atoms with Gasteiger partial charge in [-0.3, -0.25) is 9.69 Å². The van der Waals surface area contributed by atoms with Gasteiger partial charge in [0.25, 0.3) is 5.92 Å². The standard InChI is InChI=1S/C20H18F5N7O/c21-19(22)3-6-31(17(19)10-28-18-26-8-15(9-27-18)20(23,24)25)11-13-1-2-14(12-33)16(7-13)32-29-4-5-30-32/h1-2,4-5,7-9,12,17H,3,6,10-11H2,(H,26,27,28). The van der Waals surface area contributed by atoms with E-state index in [1.807, 2.05) is 0 Å². The van der Waals surface area contributed by atoms with Crippen molar-refractivity contribution in [2.24, 2.45) is 0 Å². The van der Waals surface area contributed by atoms with Crippen molar-refractivity contribution in [3.63, 3.8) is 0 Å². The largest absolute Gasteiger partial charge is 0.419 e. The highest BCUT2D eigenvalue weighted by atomic mass is 19.4. The molecule has 0 radical (unpaired) electrons. The summed E-state index contributed by atoms with van der Waals surface area (Å²) in [5.41, 5.74) is 0.411. The van der Waals surface area contributed by atoms with Crippen molar-refractivity contribution in [3.05, 3.63) is 59.7 Å². The zero-order chi connectivity index (χ0) is 23.6. The van der Waals surface area contributed by atoms with E-state index in [0.29, 0.717) is 35.5 Å². The highest BCUT2D eigenvalue weighted by molar-refractivity contribution is 5.80. The van der Waals surface area contributed by atoms with Gasteiger partial charge in [0.1, 0.15) is 0 Å². The molecule has 0 amide bonds. The van der Waals surface area contributed by atoms with Crippen LogP contribution in [0.15, 0.2) is 43.0 Å². The summed E-state index contributed by atoms with van der Waals surface area (Å²) in [6.45, 7) is -0.000430. The number of nitrogens with zero attached hydrogens (tertiary/aromatic N) is 6. The van der Waals surface area contributed by atoms with E-state index in [2.05, 4.69) is 25.5 Å². The summed E-state index contributed by atoms with van der Waals surface area (Å²) in [7, 11) is 0. The molecule has 8 nitrogen and oxygen atoms in total. The zero-order valence-corrected chi connectivity index (χ0v) is 17.0. The highest BCUT2D eigenvalue weighted by Gasteiger charge is 2.48. The van der Waals surface area contributed by atoms with Crippen LogP contribution in [0.1, 0.15) is 27.9 Å². The van der Waals surface area contributed by atoms with Gasteiger partial charge >= 0.3 is 6.18 Å². The molecule has 0 aliphatic carbocycles. The number of benzene rings is 1. The lowest BCUT2D eigenvalue weighted by atomic mass is 10.1. The smallest absolute Gasteiger partial charge is 0.352 e. The van der Waals surface area contributed by atoms with Gasteiger partial charge in [0, 0.05) is 44.0 Å². The normalized spacial score (nSPS) is 18.4. The fraction of sp³-hybridized carbons (Fsp3) is 0.350. The first kappa shape index (κ1) is 22.7. The van der Waals surface area contributed by atoms with E-state index in [4.69, 9.17) is 0 Å². The maximum atomic E-state index is 14.6. The van der Waals surface area contributed by atoms with Crippen LogP contribution in [-0.4, -0.2) is 61.2 Å². The Kier molecular flexibility index (Phi) is 6.06. The van der Waals surface area contributed by atoms with Crippen LogP contribution in [0.25, 0.3) is 5.69 Å². The second-order valence-corrected chi connectivity index (χ2v) is 7.50. The minimum absolute atomic E-state index is 0.109. The zero-order valence-electron chi connectivity index (χ0n) is 17.0. The number of aldehydes is 1. The Balaban J connectivity index is 1.49. The molecule has 1 fully saturated rings. The summed E-state index contributed by atoms with van der Waals surface area (Å²) in [6.07, 6.45) is -0.201. The Morgan fingerprint density at radius 2 is 1.85 bits per heavy atom. The molecule has 1 unspecified atom stereocenters. The third-order valence-corrected chi connectivity index (χ3v) is 5.34. The number of carbonyl (C=O) groups excluding carboxylic acids is 1. The van der Waals surface area contributed by atoms with Crippen LogP contribution >= 0.6 is 0 Å². The quantitative estimate of drug-likeness (QED) is 0.422. The summed E-state index contributed by atoms with van der Waals surface area (Å²) in [5.74, 6) is -3.19. The molecular formula is C20H18F5N7O. The number of alkyl halides is 5. The molecule has 174 valence electrons. The Labute approximate surface area is 184 Å². The predicted octanol–water partition coefficient (Wildman–Crippen LogP) is 3.21. The first-order valence-electron chi connectivity index (χ1n) is 9.87. The topological polar surface area (TPSA) is 88.8 Å². The molecule has 2 aromatic heterocycles. The molecule has 1 N–H and O–H groups in total. The molecular weight excluding hydrogens is 449 g/mol. The number of anilines is 1. The Hall–Kier alpha value is -3.48. The van der Waals surface area contributed by atoms with E-state index in [0.717, 1.165) is 0 Å². The minimum Gasteiger partial charge on any atom is -0.352 e. The first-order valence-corrected chi connectivity index (χ1v) is 9.87. The Bertz CT molecular complexity index is 1100. The highest BCUT2D eigenvalue weighted by Crippen LogP contribution is 2.35. The van der Waals surface area contributed by atoms with Gasteiger partial charge in [-0.25, -0.2) is 18.7 Å². The van der Waals surface area contributed by atoms with Gasteiger partial charge < -0.3 is 5.32 Å². The Morgan fingerprint density at radius 1 is 1.15 bits per heavy atom. The molecule has 3 heterocycles. The average molecular weight is 467 g/mol. The van der Waals surface area contributed by atoms with E-state index < -0.39 is 23.7 Å². The fourth-order valence-electron chi connectivity index (χ4n) is 3.64. The van der Waals surface area contributed by atoms with E-state index in [9.17, 15) is 26.7 Å². The van der Waals surface area contributed by atoms with E-state index >= 15 is 0 Å². The van der Waals surface area contributed by atoms with Gasteiger partial charge in [0.2, 0.25) is 5.95 Å². The van der Waals surface area contributed by atoms with Crippen molar-refractivity contribution >= 4 is 12.2 Å². The van der Waals surface area contributed by atoms with E-state index in [1.54, 1.807) is 23.1 Å². The van der Waals surface area contributed by atoms with Gasteiger partial charge in [-0.15, -0.1) is 0 Å². The number of aromatic nitrogens is 5. The van der Waals surface area contributed by atoms with Crippen LogP contribution in [0.4, 0.5) is 27.9 Å². The summed E-state index contributed by atoms with van der Waals surface area (Å²) < 4.78 is 67.1. The minimum atomic E-state index is -4.59. The molecule has 0 spiro atoms. The number of hydrogen-bond acceptors (Lipinski definition) is 7. The van der Waals surface area contributed by atoms with Gasteiger partial charge in [-0.1, -0.05) is 6.07 Å². The number of likely N-dealkylation sites (tertiary alicyclic amines) is 1. The molecule has 1 atom stereocenters. The molecule has 3 aromatic rings. The molecule has 1 aliphatic heterocycles. The SMILES string of the molecule is O=Cc1ccc(CN2CCC(F)(F)C2CNc2ncc(C(F)(F)F)cn2)cc1-n1nccn1. The fourth-order valence-corrected chi connectivity index (χ4v) is 3.64. The van der Waals surface area contributed by atoms with Crippen molar-refractivity contribution in [1.29, 1.82) is 0 Å². The lowest BCUT2D eigenvalue weighted by Gasteiger charge is -2.28. The number of rotatable bonds is 7. The van der Waals surface area contributed by atoms with Crippen LogP contribution in [-0.2, 0) is 12.7 Å². The maximum absolute atomic E-state index is 14.6. The van der Waals surface area contributed by atoms with Crippen LogP contribution in [0.5, 0.6) is 0 Å². The summed E-state index contributed by atoms with van der Waals surface area (Å²) in [4.78, 5) is 21.3. The number of hydrogen-bond donors (Lipinski definition) is 1. The van der Waals surface area contributed by atoms with Crippen LogP contribution < -0.4 is 5.32 Å². The average Bonchev–Trinajstić information content (AvgIpc) is 3.40. The van der Waals surface area contributed by atoms with Gasteiger partial charge in [-0.05, 0) is 17.7 Å². The van der Waals surface area contributed by atoms with Crippen molar-refractivity contribution in [1.82, 2.24) is 29.9 Å². The van der Waals surface area contributed by atoms with E-state index in [1.165, 1.54) is 17.2 Å². The number of halogens is 5. The number of nitrogens with one attached hydrogen (secondary N) is 1. The number of carbonyl (C=O) groups is 1. The van der Waals surface area contributed by atoms with Crippen molar-refractivity contribution in [3.8, 4) is 5.69 Å². The molecule has 33 heavy (non-hydrogen) atoms. The summed E-state index contributed by atoms with van der Waals surface area (Å²) >= 11 is 0. The molecule has 1 aliphatic rings. The van der Waals surface area contributed by atoms with Gasteiger partial charge in [0.15, 0.2) is 6.29 Å². The molecule has 1 aromatic carbocycles. The lowest BCUT2D eigenvalue weighted by molar-refractivity contribution is -0.138. The third-order valence-electron chi connectivity index (χ3n) is 5.34. The molecule has 0 saturated carbocycles. The van der Waals surface area contributed by atoms with Gasteiger partial charge in [0.05, 0.1) is 29.7 Å². The van der Waals surface area contributed by atoms with Crippen molar-refractivity contribution in [2.75, 3.05) is 18.4 Å². The summed E-state index contributed by atoms with van der Waals surface area (Å²) in [6, 6.07) is 3.65. The molecule has 4 rings (SSSR count). The monoisotopic (exact) mass is 467 g/mol. The van der Waals surface area contributed by atoms with Gasteiger partial charge in [-0.2, -0.15) is 28.2 Å². The predicted molar refractivity (Wildman–Crippen MR) is 106 cm³/mol. The van der Waals surface area contributed by atoms with E-state index in [-0.39, 0.29) is 32.0 Å². The first-order chi connectivity index (χ1) is 15.7. The maximum Gasteiger partial charge on any atom is 0.419 e. The lowest BCUT2D eigenvalue weighted by Crippen LogP contribution is -2.44. The second-order valence-electron chi connectivity index (χ2n) is 7.50. The Morgan fingerprint density at radius 3 is 2.48 bits per heavy atom. The molecule has 1 saturated heterocycles. The third kappa shape index (κ3) is 4.97. The van der Waals surface area contributed by atoms with Crippen molar-refractivity contribution in [2.45, 2.75) is 31.1 Å². The van der Waals surface area contributed by atoms with Crippen LogP contribution in [0, 0.1) is 0 Å². The summed E-state index contributed by atoms with van der Waals surface area (Å²) in [5, 5.41) is 10.6. The van der Waals surface area contributed by atoms with Crippen LogP contribution in [0.3, 0.4) is 0 Å². The van der Waals surface area contributed by atoms with Crippen molar-refractivity contribution < 1.29 is 26.7 Å². The van der Waals surface area contributed by atoms with Crippen LogP contribution in [0.2, 0.25) is 0 Å². The second kappa shape index (κ2) is 8.81. The molecule has 0 bridgehead atoms.